The quantitative estimate of drug-likeness (QED) is 0.133. The standard InChI is InChI=1S/C82H54N4/c1-4-18-62(19-5-1)84-78-31-17-14-28-72(78)75-52-61(42-50-80(75)84)67-49-51-79(69-25-11-10-24-68(67)69)83(66-45-38-58(39-46-66)60-41-48-74-71-27-13-16-30-77(71)86(82(74)54-60)64-22-8-3-9-23-64)65-43-36-56(37-44-65)55-32-34-57(35-33-55)59-40-47-73-70-26-12-15-29-76(70)85(81(73)53-59)63-20-6-2-7-21-63/h1-54H. The van der Waals surface area contributed by atoms with E-state index in [0.29, 0.717) is 0 Å². The SMILES string of the molecule is c1ccc(-n2c3ccccc3c3cc(-c4ccc(N(c5ccc(-c6ccc(-c7ccc8c9ccccc9n(-c9ccccc9)c8c7)cc6)cc5)c5ccc(-c6ccc7c8ccccc8n(-c8ccccc8)c7c6)cc5)c5ccccc45)ccc32)cc1. The molecule has 0 saturated carbocycles. The molecule has 0 bridgehead atoms. The lowest BCUT2D eigenvalue weighted by molar-refractivity contribution is 1.18. The molecule has 17 rings (SSSR count). The number of aromatic nitrogens is 3. The van der Waals surface area contributed by atoms with Crippen molar-refractivity contribution in [2.75, 3.05) is 4.90 Å². The Balaban J connectivity index is 0.761. The van der Waals surface area contributed by atoms with Crippen molar-refractivity contribution in [1.29, 1.82) is 0 Å². The van der Waals surface area contributed by atoms with Crippen LogP contribution < -0.4 is 4.90 Å². The van der Waals surface area contributed by atoms with Gasteiger partial charge >= 0.3 is 0 Å². The molecule has 402 valence electrons. The van der Waals surface area contributed by atoms with Gasteiger partial charge < -0.3 is 18.6 Å². The maximum absolute atomic E-state index is 2.43. The first-order chi connectivity index (χ1) is 42.7. The predicted octanol–water partition coefficient (Wildman–Crippen LogP) is 22.3. The fraction of sp³-hybridized carbons (Fsp3) is 0. The van der Waals surface area contributed by atoms with E-state index < -0.39 is 0 Å². The van der Waals surface area contributed by atoms with Crippen molar-refractivity contribution in [1.82, 2.24) is 13.7 Å². The number of hydrogen-bond donors (Lipinski definition) is 0. The molecule has 0 aliphatic heterocycles. The second kappa shape index (κ2) is 20.2. The van der Waals surface area contributed by atoms with E-state index in [-0.39, 0.29) is 0 Å². The summed E-state index contributed by atoms with van der Waals surface area (Å²) >= 11 is 0. The van der Waals surface area contributed by atoms with Crippen molar-refractivity contribution in [3.05, 3.63) is 328 Å². The molecule has 0 spiro atoms. The summed E-state index contributed by atoms with van der Waals surface area (Å²) in [7, 11) is 0. The Bertz CT molecular complexity index is 5420. The van der Waals surface area contributed by atoms with Crippen LogP contribution in [0.5, 0.6) is 0 Å². The van der Waals surface area contributed by atoms with Gasteiger partial charge in [-0.1, -0.05) is 218 Å². The van der Waals surface area contributed by atoms with E-state index in [2.05, 4.69) is 346 Å². The summed E-state index contributed by atoms with van der Waals surface area (Å²) in [4.78, 5) is 2.43. The lowest BCUT2D eigenvalue weighted by Crippen LogP contribution is -2.10. The number of nitrogens with zero attached hydrogens (tertiary/aromatic N) is 4. The molecule has 0 N–H and O–H groups in total. The fourth-order valence-corrected chi connectivity index (χ4v) is 13.6. The van der Waals surface area contributed by atoms with Crippen molar-refractivity contribution in [3.63, 3.8) is 0 Å². The Morgan fingerprint density at radius 1 is 0.186 bits per heavy atom. The first kappa shape index (κ1) is 49.2. The van der Waals surface area contributed by atoms with Gasteiger partial charge in [0.2, 0.25) is 0 Å². The molecular formula is C82H54N4. The molecule has 0 aliphatic rings. The van der Waals surface area contributed by atoms with Crippen LogP contribution in [0.2, 0.25) is 0 Å². The first-order valence-electron chi connectivity index (χ1n) is 29.6. The summed E-state index contributed by atoms with van der Waals surface area (Å²) in [6.45, 7) is 0. The van der Waals surface area contributed by atoms with E-state index in [4.69, 9.17) is 0 Å². The van der Waals surface area contributed by atoms with Gasteiger partial charge in [0, 0.05) is 66.1 Å². The van der Waals surface area contributed by atoms with Gasteiger partial charge in [-0.15, -0.1) is 0 Å². The number of hydrogen-bond acceptors (Lipinski definition) is 1. The Hall–Kier alpha value is -11.5. The fourth-order valence-electron chi connectivity index (χ4n) is 13.6. The van der Waals surface area contributed by atoms with E-state index in [9.17, 15) is 0 Å². The van der Waals surface area contributed by atoms with Gasteiger partial charge in [-0.25, -0.2) is 0 Å². The second-order valence-corrected chi connectivity index (χ2v) is 22.4. The lowest BCUT2D eigenvalue weighted by Gasteiger charge is -2.28. The Morgan fingerprint density at radius 2 is 0.512 bits per heavy atom. The highest BCUT2D eigenvalue weighted by atomic mass is 15.1. The summed E-state index contributed by atoms with van der Waals surface area (Å²) in [6.07, 6.45) is 0. The van der Waals surface area contributed by atoms with Gasteiger partial charge in [-0.05, 0) is 159 Å². The third-order valence-electron chi connectivity index (χ3n) is 17.7. The smallest absolute Gasteiger partial charge is 0.0547 e. The Morgan fingerprint density at radius 3 is 0.977 bits per heavy atom. The minimum absolute atomic E-state index is 1.07. The summed E-state index contributed by atoms with van der Waals surface area (Å²) in [5.41, 5.74) is 23.3. The van der Waals surface area contributed by atoms with E-state index >= 15 is 0 Å². The minimum Gasteiger partial charge on any atom is -0.310 e. The predicted molar refractivity (Wildman–Crippen MR) is 363 cm³/mol. The number of rotatable bonds is 10. The summed E-state index contributed by atoms with van der Waals surface area (Å²) < 4.78 is 7.17. The van der Waals surface area contributed by atoms with E-state index in [0.717, 1.165) is 50.8 Å². The zero-order valence-corrected chi connectivity index (χ0v) is 47.0. The number of fused-ring (bicyclic) bond motifs is 10. The molecule has 3 heterocycles. The van der Waals surface area contributed by atoms with Crippen molar-refractivity contribution in [2.24, 2.45) is 0 Å². The van der Waals surface area contributed by atoms with Crippen LogP contribution in [0.4, 0.5) is 17.1 Å². The van der Waals surface area contributed by atoms with Crippen molar-refractivity contribution >= 4 is 93.3 Å². The highest BCUT2D eigenvalue weighted by Crippen LogP contribution is 2.45. The van der Waals surface area contributed by atoms with E-state index in [1.165, 1.54) is 104 Å². The van der Waals surface area contributed by atoms with Gasteiger partial charge in [0.15, 0.2) is 0 Å². The Kier molecular flexibility index (Phi) is 11.5. The van der Waals surface area contributed by atoms with E-state index in [1.807, 2.05) is 0 Å². The average Bonchev–Trinajstić information content (AvgIpc) is 1.91. The zero-order chi connectivity index (χ0) is 56.7. The van der Waals surface area contributed by atoms with Crippen LogP contribution in [0.15, 0.2) is 328 Å². The highest BCUT2D eigenvalue weighted by molar-refractivity contribution is 6.14. The molecule has 0 aliphatic carbocycles. The van der Waals surface area contributed by atoms with Crippen molar-refractivity contribution in [2.45, 2.75) is 0 Å². The van der Waals surface area contributed by atoms with Gasteiger partial charge in [0.25, 0.3) is 0 Å². The van der Waals surface area contributed by atoms with Gasteiger partial charge in [0.05, 0.1) is 38.8 Å². The van der Waals surface area contributed by atoms with Crippen LogP contribution >= 0.6 is 0 Å². The number of para-hydroxylation sites is 6. The average molecular weight is 1100 g/mol. The molecule has 0 unspecified atom stereocenters. The minimum atomic E-state index is 1.07. The lowest BCUT2D eigenvalue weighted by atomic mass is 9.95. The molecule has 17 aromatic rings. The monoisotopic (exact) mass is 1090 g/mol. The van der Waals surface area contributed by atoms with Gasteiger partial charge in [-0.2, -0.15) is 0 Å². The van der Waals surface area contributed by atoms with Crippen LogP contribution in [0.1, 0.15) is 0 Å². The van der Waals surface area contributed by atoms with Crippen LogP contribution in [0.25, 0.3) is 138 Å². The Labute approximate surface area is 498 Å². The molecule has 0 radical (unpaired) electrons. The molecular weight excluding hydrogens is 1040 g/mol. The molecule has 0 fully saturated rings. The van der Waals surface area contributed by atoms with Crippen LogP contribution in [0, 0.1) is 0 Å². The summed E-state index contributed by atoms with van der Waals surface area (Å²) in [6, 6.07) is 120. The maximum Gasteiger partial charge on any atom is 0.0547 e. The molecule has 0 atom stereocenters. The van der Waals surface area contributed by atoms with Crippen LogP contribution in [-0.2, 0) is 0 Å². The van der Waals surface area contributed by atoms with E-state index in [1.54, 1.807) is 0 Å². The third-order valence-corrected chi connectivity index (χ3v) is 17.7. The first-order valence-corrected chi connectivity index (χ1v) is 29.6. The molecule has 4 nitrogen and oxygen atoms in total. The van der Waals surface area contributed by atoms with Crippen molar-refractivity contribution in [3.8, 4) is 61.6 Å². The molecule has 4 heteroatoms. The molecule has 14 aromatic carbocycles. The third kappa shape index (κ3) is 8.07. The molecule has 86 heavy (non-hydrogen) atoms. The van der Waals surface area contributed by atoms with Gasteiger partial charge in [0.1, 0.15) is 0 Å². The van der Waals surface area contributed by atoms with Crippen LogP contribution in [0.3, 0.4) is 0 Å². The van der Waals surface area contributed by atoms with Gasteiger partial charge in [-0.3, -0.25) is 0 Å². The summed E-state index contributed by atoms with van der Waals surface area (Å²) in [5, 5.41) is 9.83. The second-order valence-electron chi connectivity index (χ2n) is 22.4. The molecule has 0 saturated heterocycles. The van der Waals surface area contributed by atoms with Crippen molar-refractivity contribution < 1.29 is 0 Å². The van der Waals surface area contributed by atoms with Crippen LogP contribution in [-0.4, -0.2) is 13.7 Å². The zero-order valence-electron chi connectivity index (χ0n) is 47.0. The normalized spacial score (nSPS) is 11.7. The number of benzene rings is 14. The largest absolute Gasteiger partial charge is 0.310 e. The highest BCUT2D eigenvalue weighted by Gasteiger charge is 2.21. The number of anilines is 3. The molecule has 3 aromatic heterocycles. The topological polar surface area (TPSA) is 18.0 Å². The maximum atomic E-state index is 2.43. The summed E-state index contributed by atoms with van der Waals surface area (Å²) in [5.74, 6) is 0. The molecule has 0 amide bonds.